The minimum Gasteiger partial charge on any atom is -0.546 e. The van der Waals surface area contributed by atoms with Gasteiger partial charge in [0.25, 0.3) is 5.17 Å². The number of carbonyl (C=O) groups excluding carboxylic acids is 1. The van der Waals surface area contributed by atoms with Gasteiger partial charge in [-0.2, -0.15) is 0 Å². The Bertz CT molecular complexity index is 140. The molecule has 10 heavy (non-hydrogen) atoms. The van der Waals surface area contributed by atoms with Crippen LogP contribution in [0.25, 0.3) is 0 Å². The van der Waals surface area contributed by atoms with Crippen molar-refractivity contribution in [3.05, 3.63) is 0 Å². The fourth-order valence-corrected chi connectivity index (χ4v) is 0.367. The summed E-state index contributed by atoms with van der Waals surface area (Å²) >= 11 is 4.26. The van der Waals surface area contributed by atoms with Gasteiger partial charge in [0.1, 0.15) is 6.10 Å². The molecule has 0 aromatic rings. The Morgan fingerprint density at radius 3 is 2.30 bits per heavy atom. The molecule has 0 aliphatic carbocycles. The van der Waals surface area contributed by atoms with Crippen molar-refractivity contribution < 1.29 is 44.2 Å². The van der Waals surface area contributed by atoms with Crippen LogP contribution in [0.5, 0.6) is 0 Å². The van der Waals surface area contributed by atoms with Crippen molar-refractivity contribution in [1.82, 2.24) is 0 Å². The third-order valence-corrected chi connectivity index (χ3v) is 0.721. The molecule has 0 aliphatic heterocycles. The van der Waals surface area contributed by atoms with Gasteiger partial charge in [0, 0.05) is 0 Å². The Kier molecular flexibility index (Phi) is 7.56. The Morgan fingerprint density at radius 1 is 1.80 bits per heavy atom. The second-order valence-corrected chi connectivity index (χ2v) is 1.80. The van der Waals surface area contributed by atoms with E-state index in [0.29, 0.717) is 0 Å². The van der Waals surface area contributed by atoms with Gasteiger partial charge in [-0.25, -0.2) is 0 Å². The number of nitrogens with two attached hydrogens (primary N) is 1. The predicted molar refractivity (Wildman–Crippen MR) is 32.3 cm³/mol. The molecule has 0 fully saturated rings. The minimum absolute atomic E-state index is 0. The number of hydrogen-bond donors (Lipinski definition) is 1. The monoisotopic (exact) mass is 171 g/mol. The third-order valence-electron chi connectivity index (χ3n) is 0.625. The largest absolute Gasteiger partial charge is 1.00 e. The quantitative estimate of drug-likeness (QED) is 0.334. The van der Waals surface area contributed by atoms with Crippen LogP contribution in [0.2, 0.25) is 0 Å². The van der Waals surface area contributed by atoms with Crippen molar-refractivity contribution in [2.24, 2.45) is 5.73 Å². The Morgan fingerprint density at radius 2 is 2.20 bits per heavy atom. The zero-order valence-electron chi connectivity index (χ0n) is 5.79. The van der Waals surface area contributed by atoms with E-state index < -0.39 is 12.1 Å². The first-order valence-corrected chi connectivity index (χ1v) is 2.62. The maximum atomic E-state index is 9.88. The van der Waals surface area contributed by atoms with Crippen LogP contribution in [0, 0.1) is 0 Å². The third kappa shape index (κ3) is 6.28. The molecule has 6 heteroatoms. The molecular weight excluding hydrogens is 165 g/mol. The molecule has 52 valence electrons. The molecule has 0 heterocycles. The number of ether oxygens (including phenoxy) is 1. The Labute approximate surface area is 86.0 Å². The molecule has 4 nitrogen and oxygen atoms in total. The molecular formula is C4H6NNaO3S. The van der Waals surface area contributed by atoms with Gasteiger partial charge in [-0.05, 0) is 19.1 Å². The van der Waals surface area contributed by atoms with Gasteiger partial charge in [-0.1, -0.05) is 0 Å². The van der Waals surface area contributed by atoms with E-state index in [1.807, 2.05) is 0 Å². The Balaban J connectivity index is 0. The molecule has 0 radical (unpaired) electrons. The van der Waals surface area contributed by atoms with Crippen LogP contribution in [0.4, 0.5) is 0 Å². The van der Waals surface area contributed by atoms with Gasteiger partial charge in [-0.15, -0.1) is 0 Å². The normalized spacial score (nSPS) is 10.9. The average molecular weight is 171 g/mol. The molecule has 1 atom stereocenters. The van der Waals surface area contributed by atoms with Crippen molar-refractivity contribution in [2.45, 2.75) is 13.0 Å². The summed E-state index contributed by atoms with van der Waals surface area (Å²) in [6.45, 7) is 1.29. The van der Waals surface area contributed by atoms with E-state index in [2.05, 4.69) is 17.0 Å². The molecule has 0 aliphatic rings. The van der Waals surface area contributed by atoms with Crippen LogP contribution >= 0.6 is 12.2 Å². The topological polar surface area (TPSA) is 75.4 Å². The number of carboxylic acid groups (broad SMARTS) is 1. The van der Waals surface area contributed by atoms with Crippen LogP contribution in [0.3, 0.4) is 0 Å². The van der Waals surface area contributed by atoms with Gasteiger partial charge in [0.2, 0.25) is 0 Å². The summed E-state index contributed by atoms with van der Waals surface area (Å²) in [7, 11) is 0. The number of carboxylic acids is 1. The summed E-state index contributed by atoms with van der Waals surface area (Å²) in [6.07, 6.45) is -1.07. The van der Waals surface area contributed by atoms with Crippen molar-refractivity contribution in [2.75, 3.05) is 0 Å². The smallest absolute Gasteiger partial charge is 0.546 e. The summed E-state index contributed by atoms with van der Waals surface area (Å²) in [5, 5.41) is 9.60. The van der Waals surface area contributed by atoms with Crippen LogP contribution in [0.15, 0.2) is 0 Å². The summed E-state index contributed by atoms with van der Waals surface area (Å²) in [6, 6.07) is 0. The van der Waals surface area contributed by atoms with Gasteiger partial charge in [-0.3, -0.25) is 0 Å². The van der Waals surface area contributed by atoms with E-state index in [1.165, 1.54) is 6.92 Å². The zero-order valence-corrected chi connectivity index (χ0v) is 8.60. The van der Waals surface area contributed by atoms with Crippen LogP contribution < -0.4 is 40.4 Å². The van der Waals surface area contributed by atoms with Gasteiger partial charge < -0.3 is 20.4 Å². The van der Waals surface area contributed by atoms with Gasteiger partial charge in [0.05, 0.1) is 5.97 Å². The molecule has 0 unspecified atom stereocenters. The van der Waals surface area contributed by atoms with E-state index in [9.17, 15) is 9.90 Å². The van der Waals surface area contributed by atoms with Gasteiger partial charge >= 0.3 is 29.6 Å². The van der Waals surface area contributed by atoms with Crippen molar-refractivity contribution >= 4 is 23.4 Å². The fourth-order valence-electron chi connectivity index (χ4n) is 0.222. The first kappa shape index (κ1) is 12.8. The second kappa shape index (κ2) is 5.91. The molecule has 0 bridgehead atoms. The summed E-state index contributed by atoms with van der Waals surface area (Å²) in [4.78, 5) is 9.88. The molecule has 0 aromatic carbocycles. The SMILES string of the molecule is C[C@@H](OC(N)=S)C(=O)[O-].[Na+]. The number of carbonyl (C=O) groups is 1. The maximum Gasteiger partial charge on any atom is 1.00 e. The van der Waals surface area contributed by atoms with Gasteiger partial charge in [0.15, 0.2) is 0 Å². The Hall–Kier alpha value is 0.160. The fraction of sp³-hybridized carbons (Fsp3) is 0.500. The maximum absolute atomic E-state index is 9.88. The van der Waals surface area contributed by atoms with Crippen LogP contribution in [-0.2, 0) is 9.53 Å². The number of hydrogen-bond acceptors (Lipinski definition) is 4. The predicted octanol–water partition coefficient (Wildman–Crippen LogP) is -4.61. The van der Waals surface area contributed by atoms with E-state index in [1.54, 1.807) is 0 Å². The van der Waals surface area contributed by atoms with Crippen molar-refractivity contribution in [3.8, 4) is 0 Å². The summed E-state index contributed by atoms with van der Waals surface area (Å²) < 4.78 is 4.36. The first-order chi connectivity index (χ1) is 4.04. The summed E-state index contributed by atoms with van der Waals surface area (Å²) in [5.41, 5.74) is 4.85. The van der Waals surface area contributed by atoms with Crippen LogP contribution in [-0.4, -0.2) is 17.2 Å². The number of aliphatic carboxylic acids is 1. The standard InChI is InChI=1S/C4H7NO3S.Na/c1-2(3(6)7)8-4(5)9;/h2H,1H3,(H2,5,9)(H,6,7);/q;+1/p-1/t2-;/m1./s1. The van der Waals surface area contributed by atoms with E-state index in [-0.39, 0.29) is 34.7 Å². The zero-order chi connectivity index (χ0) is 7.44. The second-order valence-electron chi connectivity index (χ2n) is 1.40. The number of thiocarbonyl (C=S) groups is 1. The van der Waals surface area contributed by atoms with E-state index in [4.69, 9.17) is 5.73 Å². The average Bonchev–Trinajstić information content (AvgIpc) is 1.63. The first-order valence-electron chi connectivity index (χ1n) is 2.21. The van der Waals surface area contributed by atoms with Crippen LogP contribution in [0.1, 0.15) is 6.92 Å². The minimum atomic E-state index is -1.33. The molecule has 0 saturated heterocycles. The van der Waals surface area contributed by atoms with E-state index >= 15 is 0 Å². The molecule has 0 saturated carbocycles. The summed E-state index contributed by atoms with van der Waals surface area (Å²) in [5.74, 6) is -1.33. The molecule has 0 rings (SSSR count). The molecule has 0 aromatic heterocycles. The van der Waals surface area contributed by atoms with Crippen molar-refractivity contribution in [1.29, 1.82) is 0 Å². The molecule has 0 spiro atoms. The molecule has 0 amide bonds. The number of rotatable bonds is 2. The van der Waals surface area contributed by atoms with E-state index in [0.717, 1.165) is 0 Å². The van der Waals surface area contributed by atoms with Crippen molar-refractivity contribution in [3.63, 3.8) is 0 Å². The molecule has 2 N–H and O–H groups in total.